The number of aromatic nitrogens is 1. The van der Waals surface area contributed by atoms with Crippen molar-refractivity contribution >= 4 is 23.1 Å². The molecule has 1 saturated carbocycles. The van der Waals surface area contributed by atoms with Gasteiger partial charge < -0.3 is 11.1 Å². The van der Waals surface area contributed by atoms with Crippen LogP contribution in [0.2, 0.25) is 5.02 Å². The fraction of sp³-hybridized carbons (Fsp3) is 0.583. The Labute approximate surface area is 106 Å². The largest absolute Gasteiger partial charge is 0.397 e. The lowest BCUT2D eigenvalue weighted by Crippen LogP contribution is -2.28. The molecular weight excluding hydrogens is 236 g/mol. The van der Waals surface area contributed by atoms with Gasteiger partial charge in [0.1, 0.15) is 5.82 Å². The predicted molar refractivity (Wildman–Crippen MR) is 70.3 cm³/mol. The summed E-state index contributed by atoms with van der Waals surface area (Å²) in [5.74, 6) is 0.753. The molecule has 1 aromatic heterocycles. The van der Waals surface area contributed by atoms with Crippen molar-refractivity contribution in [3.05, 3.63) is 17.3 Å². The van der Waals surface area contributed by atoms with Crippen LogP contribution >= 0.6 is 11.6 Å². The van der Waals surface area contributed by atoms with E-state index in [2.05, 4.69) is 15.2 Å². The summed E-state index contributed by atoms with van der Waals surface area (Å²) in [5.41, 5.74) is 6.23. The third kappa shape index (κ3) is 2.48. The number of pyridine rings is 1. The summed E-state index contributed by atoms with van der Waals surface area (Å²) in [7, 11) is 0. The molecule has 92 valence electrons. The molecule has 2 fully saturated rings. The number of anilines is 2. The normalized spacial score (nSPS) is 25.1. The van der Waals surface area contributed by atoms with Gasteiger partial charge in [0.2, 0.25) is 0 Å². The smallest absolute Gasteiger partial charge is 0.145 e. The molecule has 3 rings (SSSR count). The third-order valence-electron chi connectivity index (χ3n) is 3.49. The Morgan fingerprint density at radius 3 is 2.94 bits per heavy atom. The second kappa shape index (κ2) is 4.35. The number of rotatable bonds is 3. The first kappa shape index (κ1) is 11.1. The molecule has 4 nitrogen and oxygen atoms in total. The molecule has 1 unspecified atom stereocenters. The van der Waals surface area contributed by atoms with E-state index in [9.17, 15) is 0 Å². The van der Waals surface area contributed by atoms with Gasteiger partial charge in [0.05, 0.1) is 16.9 Å². The fourth-order valence-electron chi connectivity index (χ4n) is 2.43. The zero-order chi connectivity index (χ0) is 11.8. The molecule has 1 aliphatic carbocycles. The Kier molecular flexibility index (Phi) is 2.84. The molecule has 0 aromatic carbocycles. The maximum atomic E-state index is 6.10. The highest BCUT2D eigenvalue weighted by atomic mass is 35.5. The Hall–Kier alpha value is -1.00. The summed E-state index contributed by atoms with van der Waals surface area (Å²) < 4.78 is 0. The number of nitrogens with two attached hydrogens (primary N) is 1. The van der Waals surface area contributed by atoms with Gasteiger partial charge in [-0.2, -0.15) is 0 Å². The molecule has 0 spiro atoms. The van der Waals surface area contributed by atoms with Crippen LogP contribution in [0.5, 0.6) is 0 Å². The molecule has 1 aromatic rings. The first-order valence-electron chi connectivity index (χ1n) is 6.14. The molecule has 17 heavy (non-hydrogen) atoms. The molecule has 0 bridgehead atoms. The lowest BCUT2D eigenvalue weighted by molar-refractivity contribution is 0.326. The molecule has 5 heteroatoms. The van der Waals surface area contributed by atoms with E-state index >= 15 is 0 Å². The van der Waals surface area contributed by atoms with Crippen LogP contribution in [0.4, 0.5) is 11.5 Å². The number of nitrogens with zero attached hydrogens (tertiary/aromatic N) is 2. The minimum Gasteiger partial charge on any atom is -0.397 e. The summed E-state index contributed by atoms with van der Waals surface area (Å²) in [5, 5.41) is 4.02. The van der Waals surface area contributed by atoms with Crippen molar-refractivity contribution in [3.8, 4) is 0 Å². The van der Waals surface area contributed by atoms with E-state index in [1.54, 1.807) is 12.3 Å². The van der Waals surface area contributed by atoms with Crippen molar-refractivity contribution in [1.82, 2.24) is 9.88 Å². The zero-order valence-corrected chi connectivity index (χ0v) is 10.5. The van der Waals surface area contributed by atoms with Crippen LogP contribution in [-0.4, -0.2) is 35.1 Å². The molecule has 2 aliphatic rings. The molecule has 3 N–H and O–H groups in total. The summed E-state index contributed by atoms with van der Waals surface area (Å²) in [6.45, 7) is 2.29. The van der Waals surface area contributed by atoms with Crippen LogP contribution in [-0.2, 0) is 0 Å². The molecule has 0 radical (unpaired) electrons. The Morgan fingerprint density at radius 1 is 1.41 bits per heavy atom. The second-order valence-corrected chi connectivity index (χ2v) is 5.36. The Bertz CT molecular complexity index is 419. The minimum absolute atomic E-state index is 0.462. The SMILES string of the molecule is Nc1cnc(NC2CCN(C3CC3)C2)c(Cl)c1. The number of nitrogen functional groups attached to an aromatic ring is 1. The fourth-order valence-corrected chi connectivity index (χ4v) is 2.66. The van der Waals surface area contributed by atoms with Gasteiger partial charge >= 0.3 is 0 Å². The molecule has 1 aliphatic heterocycles. The minimum atomic E-state index is 0.462. The Balaban J connectivity index is 1.63. The average Bonchev–Trinajstić information content (AvgIpc) is 3.04. The molecular formula is C12H17ClN4. The van der Waals surface area contributed by atoms with E-state index in [-0.39, 0.29) is 0 Å². The van der Waals surface area contributed by atoms with E-state index in [0.29, 0.717) is 16.8 Å². The van der Waals surface area contributed by atoms with Crippen molar-refractivity contribution in [2.45, 2.75) is 31.3 Å². The molecule has 1 atom stereocenters. The number of nitrogens with one attached hydrogen (secondary N) is 1. The number of halogens is 1. The van der Waals surface area contributed by atoms with Crippen LogP contribution in [0.15, 0.2) is 12.3 Å². The second-order valence-electron chi connectivity index (χ2n) is 4.96. The summed E-state index contributed by atoms with van der Waals surface area (Å²) in [6, 6.07) is 3.05. The lowest BCUT2D eigenvalue weighted by atomic mass is 10.2. The quantitative estimate of drug-likeness (QED) is 0.864. The Morgan fingerprint density at radius 2 is 2.24 bits per heavy atom. The van der Waals surface area contributed by atoms with E-state index in [1.165, 1.54) is 25.8 Å². The first-order valence-corrected chi connectivity index (χ1v) is 6.52. The summed E-state index contributed by atoms with van der Waals surface area (Å²) in [6.07, 6.45) is 5.54. The number of hydrogen-bond donors (Lipinski definition) is 2. The highest BCUT2D eigenvalue weighted by Crippen LogP contribution is 2.31. The standard InChI is InChI=1S/C12H17ClN4/c13-11-5-8(14)6-15-12(11)16-9-3-4-17(7-9)10-1-2-10/h5-6,9-10H,1-4,7,14H2,(H,15,16). The van der Waals surface area contributed by atoms with E-state index < -0.39 is 0 Å². The van der Waals surface area contributed by atoms with Crippen molar-refractivity contribution in [2.75, 3.05) is 24.1 Å². The van der Waals surface area contributed by atoms with Gasteiger partial charge in [0.25, 0.3) is 0 Å². The first-order chi connectivity index (χ1) is 8.22. The van der Waals surface area contributed by atoms with Crippen molar-refractivity contribution in [2.24, 2.45) is 0 Å². The average molecular weight is 253 g/mol. The van der Waals surface area contributed by atoms with Gasteiger partial charge in [-0.15, -0.1) is 0 Å². The maximum Gasteiger partial charge on any atom is 0.145 e. The maximum absolute atomic E-state index is 6.10. The molecule has 1 saturated heterocycles. The number of hydrogen-bond acceptors (Lipinski definition) is 4. The van der Waals surface area contributed by atoms with Crippen LogP contribution < -0.4 is 11.1 Å². The third-order valence-corrected chi connectivity index (χ3v) is 3.77. The van der Waals surface area contributed by atoms with Crippen molar-refractivity contribution in [3.63, 3.8) is 0 Å². The van der Waals surface area contributed by atoms with Crippen LogP contribution in [0.3, 0.4) is 0 Å². The topological polar surface area (TPSA) is 54.2 Å². The lowest BCUT2D eigenvalue weighted by Gasteiger charge is -2.16. The zero-order valence-electron chi connectivity index (χ0n) is 9.69. The highest BCUT2D eigenvalue weighted by molar-refractivity contribution is 6.33. The van der Waals surface area contributed by atoms with Crippen LogP contribution in [0.1, 0.15) is 19.3 Å². The monoisotopic (exact) mass is 252 g/mol. The van der Waals surface area contributed by atoms with Crippen molar-refractivity contribution < 1.29 is 0 Å². The van der Waals surface area contributed by atoms with Gasteiger partial charge in [-0.3, -0.25) is 4.90 Å². The van der Waals surface area contributed by atoms with Crippen molar-refractivity contribution in [1.29, 1.82) is 0 Å². The van der Waals surface area contributed by atoms with Gasteiger partial charge in [0, 0.05) is 25.2 Å². The number of likely N-dealkylation sites (tertiary alicyclic amines) is 1. The summed E-state index contributed by atoms with van der Waals surface area (Å²) in [4.78, 5) is 6.80. The van der Waals surface area contributed by atoms with E-state index in [1.807, 2.05) is 0 Å². The van der Waals surface area contributed by atoms with Gasteiger partial charge in [-0.1, -0.05) is 11.6 Å². The van der Waals surface area contributed by atoms with Gasteiger partial charge in [-0.05, 0) is 25.3 Å². The van der Waals surface area contributed by atoms with Gasteiger partial charge in [0.15, 0.2) is 0 Å². The summed E-state index contributed by atoms with van der Waals surface area (Å²) >= 11 is 6.10. The molecule has 2 heterocycles. The molecule has 0 amide bonds. The van der Waals surface area contributed by atoms with Crippen LogP contribution in [0, 0.1) is 0 Å². The van der Waals surface area contributed by atoms with E-state index in [0.717, 1.165) is 18.4 Å². The van der Waals surface area contributed by atoms with Crippen LogP contribution in [0.25, 0.3) is 0 Å². The van der Waals surface area contributed by atoms with E-state index in [4.69, 9.17) is 17.3 Å². The van der Waals surface area contributed by atoms with Gasteiger partial charge in [-0.25, -0.2) is 4.98 Å². The highest BCUT2D eigenvalue weighted by Gasteiger charge is 2.34. The predicted octanol–water partition coefficient (Wildman–Crippen LogP) is 1.97.